The van der Waals surface area contributed by atoms with Crippen molar-refractivity contribution in [3.8, 4) is 0 Å². The molecule has 0 aromatic heterocycles. The molecule has 3 nitrogen and oxygen atoms in total. The fourth-order valence-corrected chi connectivity index (χ4v) is 3.09. The van der Waals surface area contributed by atoms with E-state index in [-0.39, 0.29) is 6.04 Å². The van der Waals surface area contributed by atoms with Crippen LogP contribution in [0.1, 0.15) is 32.8 Å². The normalized spacial score (nSPS) is 18.5. The average Bonchev–Trinajstić information content (AvgIpc) is 2.67. The van der Waals surface area contributed by atoms with Crippen molar-refractivity contribution in [2.75, 3.05) is 11.4 Å². The molecule has 1 aliphatic rings. The van der Waals surface area contributed by atoms with Gasteiger partial charge in [-0.05, 0) is 51.3 Å². The molecule has 104 valence electrons. The summed E-state index contributed by atoms with van der Waals surface area (Å²) in [4.78, 5) is 13.6. The number of likely N-dealkylation sites (N-methyl/N-ethyl adjacent to an activating group) is 1. The van der Waals surface area contributed by atoms with E-state index in [1.807, 2.05) is 12.1 Å². The minimum absolute atomic E-state index is 0.214. The molecule has 1 aromatic rings. The summed E-state index contributed by atoms with van der Waals surface area (Å²) in [7, 11) is 0. The Bertz CT molecular complexity index is 499. The predicted molar refractivity (Wildman–Crippen MR) is 78.0 cm³/mol. The van der Waals surface area contributed by atoms with Gasteiger partial charge >= 0.3 is 5.97 Å². The first-order valence-electron chi connectivity index (χ1n) is 6.64. The maximum Gasteiger partial charge on any atom is 0.309 e. The highest BCUT2D eigenvalue weighted by molar-refractivity contribution is 6.31. The molecule has 0 aliphatic carbocycles. The quantitative estimate of drug-likeness (QED) is 0.917. The van der Waals surface area contributed by atoms with Crippen LogP contribution >= 0.6 is 11.6 Å². The van der Waals surface area contributed by atoms with E-state index < -0.39 is 11.4 Å². The molecule has 0 radical (unpaired) electrons. The van der Waals surface area contributed by atoms with Gasteiger partial charge in [-0.3, -0.25) is 4.79 Å². The van der Waals surface area contributed by atoms with Crippen molar-refractivity contribution >= 4 is 23.3 Å². The van der Waals surface area contributed by atoms with Gasteiger partial charge < -0.3 is 10.0 Å². The second-order valence-electron chi connectivity index (χ2n) is 5.77. The number of hydrogen-bond acceptors (Lipinski definition) is 2. The average molecular weight is 282 g/mol. The lowest BCUT2D eigenvalue weighted by Crippen LogP contribution is -2.38. The Hall–Kier alpha value is -1.22. The molecule has 4 heteroatoms. The number of fused-ring (bicyclic) bond motifs is 1. The monoisotopic (exact) mass is 281 g/mol. The molecule has 1 atom stereocenters. The second kappa shape index (κ2) is 5.04. The van der Waals surface area contributed by atoms with Gasteiger partial charge in [-0.15, -0.1) is 0 Å². The zero-order valence-electron chi connectivity index (χ0n) is 11.6. The summed E-state index contributed by atoms with van der Waals surface area (Å²) in [5, 5.41) is 10.1. The molecule has 0 saturated carbocycles. The first-order valence-corrected chi connectivity index (χ1v) is 7.02. The minimum Gasteiger partial charge on any atom is -0.481 e. The summed E-state index contributed by atoms with van der Waals surface area (Å²) >= 11 is 6.25. The van der Waals surface area contributed by atoms with Crippen molar-refractivity contribution in [1.82, 2.24) is 0 Å². The Kier molecular flexibility index (Phi) is 3.77. The number of carbonyl (C=O) groups is 1. The highest BCUT2D eigenvalue weighted by atomic mass is 35.5. The van der Waals surface area contributed by atoms with Crippen molar-refractivity contribution in [2.24, 2.45) is 5.41 Å². The molecule has 0 amide bonds. The van der Waals surface area contributed by atoms with E-state index in [4.69, 9.17) is 11.6 Å². The lowest BCUT2D eigenvalue weighted by atomic mass is 9.84. The van der Waals surface area contributed by atoms with E-state index >= 15 is 0 Å². The van der Waals surface area contributed by atoms with Gasteiger partial charge in [0, 0.05) is 23.3 Å². The summed E-state index contributed by atoms with van der Waals surface area (Å²) in [6, 6.07) is 6.14. The summed E-state index contributed by atoms with van der Waals surface area (Å²) in [6.45, 7) is 6.53. The van der Waals surface area contributed by atoms with Crippen molar-refractivity contribution in [3.05, 3.63) is 28.8 Å². The van der Waals surface area contributed by atoms with Gasteiger partial charge in [0.1, 0.15) is 0 Å². The molecule has 1 heterocycles. The predicted octanol–water partition coefficient (Wildman–Crippen LogP) is 3.59. The van der Waals surface area contributed by atoms with E-state index in [1.165, 1.54) is 0 Å². The molecule has 19 heavy (non-hydrogen) atoms. The Balaban J connectivity index is 2.27. The first-order chi connectivity index (χ1) is 8.86. The molecular formula is C15H20ClNO2. The van der Waals surface area contributed by atoms with Crippen LogP contribution in [0.4, 0.5) is 5.69 Å². The van der Waals surface area contributed by atoms with E-state index in [0.29, 0.717) is 6.42 Å². The molecule has 2 rings (SSSR count). The standard InChI is InChI=1S/C15H20ClNO2/c1-4-17-10(9-15(2,3)14(18)19)8-11-12(16)6-5-7-13(11)17/h5-7,10H,4,8-9H2,1-3H3,(H,18,19). The number of hydrogen-bond donors (Lipinski definition) is 1. The third kappa shape index (κ3) is 2.57. The molecule has 0 saturated heterocycles. The topological polar surface area (TPSA) is 40.5 Å². The summed E-state index contributed by atoms with van der Waals surface area (Å²) in [6.07, 6.45) is 1.46. The summed E-state index contributed by atoms with van der Waals surface area (Å²) in [5.74, 6) is -0.745. The van der Waals surface area contributed by atoms with Crippen molar-refractivity contribution in [2.45, 2.75) is 39.7 Å². The molecule has 0 spiro atoms. The van der Waals surface area contributed by atoms with Gasteiger partial charge in [-0.2, -0.15) is 0 Å². The van der Waals surface area contributed by atoms with Gasteiger partial charge in [0.15, 0.2) is 0 Å². The highest BCUT2D eigenvalue weighted by Gasteiger charge is 2.37. The summed E-state index contributed by atoms with van der Waals surface area (Å²) in [5.41, 5.74) is 1.59. The third-order valence-electron chi connectivity index (χ3n) is 3.95. The van der Waals surface area contributed by atoms with Crippen molar-refractivity contribution in [1.29, 1.82) is 0 Å². The fraction of sp³-hybridized carbons (Fsp3) is 0.533. The van der Waals surface area contributed by atoms with Crippen LogP contribution in [-0.2, 0) is 11.2 Å². The van der Waals surface area contributed by atoms with Crippen LogP contribution in [0, 0.1) is 5.41 Å². The van der Waals surface area contributed by atoms with Crippen LogP contribution in [0.15, 0.2) is 18.2 Å². The van der Waals surface area contributed by atoms with Crippen LogP contribution < -0.4 is 4.90 Å². The van der Waals surface area contributed by atoms with Gasteiger partial charge in [0.2, 0.25) is 0 Å². The first kappa shape index (κ1) is 14.2. The maximum atomic E-state index is 11.3. The van der Waals surface area contributed by atoms with Crippen molar-refractivity contribution in [3.63, 3.8) is 0 Å². The Morgan fingerprint density at radius 2 is 2.21 bits per heavy atom. The van der Waals surface area contributed by atoms with E-state index in [2.05, 4.69) is 17.9 Å². The largest absolute Gasteiger partial charge is 0.481 e. The van der Waals surface area contributed by atoms with Gasteiger partial charge in [0.25, 0.3) is 0 Å². The highest BCUT2D eigenvalue weighted by Crippen LogP contribution is 2.40. The smallest absolute Gasteiger partial charge is 0.309 e. The number of aliphatic carboxylic acids is 1. The van der Waals surface area contributed by atoms with E-state index in [9.17, 15) is 9.90 Å². The number of benzene rings is 1. The Morgan fingerprint density at radius 1 is 1.53 bits per heavy atom. The minimum atomic E-state index is -0.745. The molecular weight excluding hydrogens is 262 g/mol. The number of carboxylic acid groups (broad SMARTS) is 1. The molecule has 1 unspecified atom stereocenters. The van der Waals surface area contributed by atoms with Crippen LogP contribution in [0.2, 0.25) is 5.02 Å². The van der Waals surface area contributed by atoms with Crippen LogP contribution in [0.5, 0.6) is 0 Å². The number of carboxylic acids is 1. The fourth-order valence-electron chi connectivity index (χ4n) is 2.85. The number of anilines is 1. The van der Waals surface area contributed by atoms with Gasteiger partial charge in [0.05, 0.1) is 5.41 Å². The Labute approximate surface area is 119 Å². The molecule has 1 N–H and O–H groups in total. The zero-order valence-corrected chi connectivity index (χ0v) is 12.4. The van der Waals surface area contributed by atoms with Crippen molar-refractivity contribution < 1.29 is 9.90 Å². The summed E-state index contributed by atoms with van der Waals surface area (Å²) < 4.78 is 0. The van der Waals surface area contributed by atoms with E-state index in [0.717, 1.165) is 29.2 Å². The van der Waals surface area contributed by atoms with Crippen LogP contribution in [-0.4, -0.2) is 23.7 Å². The third-order valence-corrected chi connectivity index (χ3v) is 4.30. The van der Waals surface area contributed by atoms with Gasteiger partial charge in [-0.25, -0.2) is 0 Å². The van der Waals surface area contributed by atoms with Crippen LogP contribution in [0.3, 0.4) is 0 Å². The lowest BCUT2D eigenvalue weighted by molar-refractivity contribution is -0.147. The number of rotatable bonds is 4. The maximum absolute atomic E-state index is 11.3. The molecule has 1 aromatic carbocycles. The SMILES string of the molecule is CCN1c2cccc(Cl)c2CC1CC(C)(C)C(=O)O. The Morgan fingerprint density at radius 3 is 2.79 bits per heavy atom. The zero-order chi connectivity index (χ0) is 14.2. The molecule has 1 aliphatic heterocycles. The van der Waals surface area contributed by atoms with E-state index in [1.54, 1.807) is 13.8 Å². The second-order valence-corrected chi connectivity index (χ2v) is 6.18. The molecule has 0 fully saturated rings. The number of nitrogens with zero attached hydrogens (tertiary/aromatic N) is 1. The number of halogens is 1. The van der Waals surface area contributed by atoms with Gasteiger partial charge in [-0.1, -0.05) is 17.7 Å². The van der Waals surface area contributed by atoms with Crippen LogP contribution in [0.25, 0.3) is 0 Å². The lowest BCUT2D eigenvalue weighted by Gasteiger charge is -2.31. The molecule has 0 bridgehead atoms.